The van der Waals surface area contributed by atoms with Crippen molar-refractivity contribution in [3.8, 4) is 11.5 Å². The summed E-state index contributed by atoms with van der Waals surface area (Å²) in [4.78, 5) is 8.28. The van der Waals surface area contributed by atoms with Gasteiger partial charge in [0.25, 0.3) is 0 Å². The van der Waals surface area contributed by atoms with Crippen LogP contribution < -0.4 is 14.8 Å². The number of methoxy groups -OCH3 is 1. The highest BCUT2D eigenvalue weighted by Crippen LogP contribution is 2.26. The minimum Gasteiger partial charge on any atom is -0.493 e. The number of aromatic nitrogens is 2. The van der Waals surface area contributed by atoms with Crippen LogP contribution in [0.25, 0.3) is 0 Å². The molecule has 5 nitrogen and oxygen atoms in total. The van der Waals surface area contributed by atoms with Crippen LogP contribution >= 0.6 is 11.6 Å². The lowest BCUT2D eigenvalue weighted by Crippen LogP contribution is -2.23. The Morgan fingerprint density at radius 3 is 2.62 bits per heavy atom. The van der Waals surface area contributed by atoms with Crippen molar-refractivity contribution in [2.75, 3.05) is 19.0 Å². The molecule has 0 saturated heterocycles. The Kier molecular flexibility index (Phi) is 5.22. The average Bonchev–Trinajstić information content (AvgIpc) is 2.45. The number of hydrogen-bond donors (Lipinski definition) is 1. The molecule has 112 valence electrons. The van der Waals surface area contributed by atoms with Crippen molar-refractivity contribution in [3.63, 3.8) is 0 Å². The molecule has 2 aromatic rings. The molecule has 0 radical (unpaired) electrons. The molecular weight excluding hydrogens is 290 g/mol. The van der Waals surface area contributed by atoms with Crippen molar-refractivity contribution < 1.29 is 9.47 Å². The van der Waals surface area contributed by atoms with Crippen LogP contribution in [0.15, 0.2) is 30.3 Å². The van der Waals surface area contributed by atoms with Gasteiger partial charge in [-0.25, -0.2) is 9.97 Å². The molecule has 1 atom stereocenters. The Bertz CT molecular complexity index is 587. The van der Waals surface area contributed by atoms with E-state index in [1.807, 2.05) is 31.2 Å². The predicted octanol–water partition coefficient (Wildman–Crippen LogP) is 3.33. The Balaban J connectivity index is 1.94. The third-order valence-electron chi connectivity index (χ3n) is 2.77. The Hall–Kier alpha value is -2.01. The van der Waals surface area contributed by atoms with E-state index in [1.165, 1.54) is 0 Å². The monoisotopic (exact) mass is 307 g/mol. The third-order valence-corrected chi connectivity index (χ3v) is 2.97. The summed E-state index contributed by atoms with van der Waals surface area (Å²) in [5.41, 5.74) is 0. The number of rotatable bonds is 6. The lowest BCUT2D eigenvalue weighted by molar-refractivity contribution is 0.223. The number of nitrogens with one attached hydrogen (secondary N) is 1. The zero-order valence-electron chi connectivity index (χ0n) is 12.3. The first kappa shape index (κ1) is 15.4. The minimum absolute atomic E-state index is 0.0599. The molecule has 0 fully saturated rings. The largest absolute Gasteiger partial charge is 0.493 e. The Morgan fingerprint density at radius 2 is 1.95 bits per heavy atom. The molecule has 1 aromatic heterocycles. The van der Waals surface area contributed by atoms with Crippen LogP contribution in [0.4, 0.5) is 5.82 Å². The number of halogens is 1. The fourth-order valence-corrected chi connectivity index (χ4v) is 2.07. The maximum atomic E-state index is 5.90. The van der Waals surface area contributed by atoms with Gasteiger partial charge in [0.05, 0.1) is 13.7 Å². The lowest BCUT2D eigenvalue weighted by atomic mass is 10.3. The molecule has 1 heterocycles. The van der Waals surface area contributed by atoms with E-state index in [-0.39, 0.29) is 6.10 Å². The summed E-state index contributed by atoms with van der Waals surface area (Å²) in [5, 5.41) is 3.60. The first-order valence-corrected chi connectivity index (χ1v) is 7.01. The van der Waals surface area contributed by atoms with Crippen LogP contribution in [-0.2, 0) is 0 Å². The Labute approximate surface area is 129 Å². The van der Waals surface area contributed by atoms with Gasteiger partial charge in [0.15, 0.2) is 11.5 Å². The summed E-state index contributed by atoms with van der Waals surface area (Å²) in [7, 11) is 1.62. The number of nitrogens with zero attached hydrogens (tertiary/aromatic N) is 2. The minimum atomic E-state index is -0.0599. The van der Waals surface area contributed by atoms with Crippen molar-refractivity contribution in [2.24, 2.45) is 0 Å². The number of hydrogen-bond acceptors (Lipinski definition) is 5. The molecule has 0 amide bonds. The first-order chi connectivity index (χ1) is 10.1. The quantitative estimate of drug-likeness (QED) is 0.830. The smallest absolute Gasteiger partial charge is 0.161 e. The number of para-hydroxylation sites is 2. The second-order valence-electron chi connectivity index (χ2n) is 4.58. The average molecular weight is 308 g/mol. The van der Waals surface area contributed by atoms with E-state index in [0.29, 0.717) is 34.8 Å². The van der Waals surface area contributed by atoms with Crippen molar-refractivity contribution >= 4 is 17.4 Å². The molecule has 21 heavy (non-hydrogen) atoms. The van der Waals surface area contributed by atoms with E-state index in [2.05, 4.69) is 15.3 Å². The van der Waals surface area contributed by atoms with E-state index in [0.717, 1.165) is 0 Å². The van der Waals surface area contributed by atoms with E-state index in [1.54, 1.807) is 20.1 Å². The van der Waals surface area contributed by atoms with E-state index in [9.17, 15) is 0 Å². The molecule has 0 aliphatic heterocycles. The number of anilines is 1. The van der Waals surface area contributed by atoms with Crippen molar-refractivity contribution in [2.45, 2.75) is 20.0 Å². The number of ether oxygens (including phenoxy) is 2. The molecule has 0 aliphatic rings. The lowest BCUT2D eigenvalue weighted by Gasteiger charge is -2.17. The van der Waals surface area contributed by atoms with Gasteiger partial charge in [-0.3, -0.25) is 0 Å². The maximum Gasteiger partial charge on any atom is 0.161 e. The van der Waals surface area contributed by atoms with E-state index < -0.39 is 0 Å². The second-order valence-corrected chi connectivity index (χ2v) is 4.97. The van der Waals surface area contributed by atoms with Crippen LogP contribution in [0.5, 0.6) is 11.5 Å². The molecule has 2 rings (SSSR count). The summed E-state index contributed by atoms with van der Waals surface area (Å²) < 4.78 is 11.1. The van der Waals surface area contributed by atoms with Crippen LogP contribution in [0.3, 0.4) is 0 Å². The highest BCUT2D eigenvalue weighted by atomic mass is 35.5. The van der Waals surface area contributed by atoms with Gasteiger partial charge in [-0.05, 0) is 26.0 Å². The van der Waals surface area contributed by atoms with Gasteiger partial charge in [-0.2, -0.15) is 0 Å². The Morgan fingerprint density at radius 1 is 1.24 bits per heavy atom. The van der Waals surface area contributed by atoms with Crippen LogP contribution in [0.1, 0.15) is 12.7 Å². The standard InChI is InChI=1S/C15H18ClN3O2/c1-10(21-13-7-5-4-6-12(13)20-3)9-17-15-8-14(16)18-11(2)19-15/h4-8,10H,9H2,1-3H3,(H,17,18,19). The third kappa shape index (κ3) is 4.49. The fraction of sp³-hybridized carbons (Fsp3) is 0.333. The molecule has 1 unspecified atom stereocenters. The van der Waals surface area contributed by atoms with E-state index in [4.69, 9.17) is 21.1 Å². The van der Waals surface area contributed by atoms with Gasteiger partial charge in [0.2, 0.25) is 0 Å². The second kappa shape index (κ2) is 7.13. The molecule has 1 aromatic carbocycles. The van der Waals surface area contributed by atoms with Crippen LogP contribution in [0, 0.1) is 6.92 Å². The van der Waals surface area contributed by atoms with Gasteiger partial charge < -0.3 is 14.8 Å². The summed E-state index contributed by atoms with van der Waals surface area (Å²) in [6.45, 7) is 4.35. The molecule has 0 saturated carbocycles. The highest BCUT2D eigenvalue weighted by molar-refractivity contribution is 6.29. The number of benzene rings is 1. The zero-order valence-corrected chi connectivity index (χ0v) is 13.0. The fourth-order valence-electron chi connectivity index (χ4n) is 1.84. The van der Waals surface area contributed by atoms with Crippen LogP contribution in [0.2, 0.25) is 5.15 Å². The van der Waals surface area contributed by atoms with Crippen molar-refractivity contribution in [1.82, 2.24) is 9.97 Å². The molecule has 1 N–H and O–H groups in total. The molecular formula is C15H18ClN3O2. The normalized spacial score (nSPS) is 11.8. The molecule has 0 spiro atoms. The summed E-state index contributed by atoms with van der Waals surface area (Å²) in [5.74, 6) is 2.74. The summed E-state index contributed by atoms with van der Waals surface area (Å²) in [6.07, 6.45) is -0.0599. The van der Waals surface area contributed by atoms with Gasteiger partial charge in [-0.15, -0.1) is 0 Å². The number of aryl methyl sites for hydroxylation is 1. The SMILES string of the molecule is COc1ccccc1OC(C)CNc1cc(Cl)nc(C)n1. The van der Waals surface area contributed by atoms with Gasteiger partial charge in [-0.1, -0.05) is 23.7 Å². The topological polar surface area (TPSA) is 56.3 Å². The predicted molar refractivity (Wildman–Crippen MR) is 83.4 cm³/mol. The zero-order chi connectivity index (χ0) is 15.2. The molecule has 0 bridgehead atoms. The highest BCUT2D eigenvalue weighted by Gasteiger charge is 2.09. The molecule has 6 heteroatoms. The van der Waals surface area contributed by atoms with Gasteiger partial charge >= 0.3 is 0 Å². The van der Waals surface area contributed by atoms with Gasteiger partial charge in [0, 0.05) is 6.07 Å². The summed E-state index contributed by atoms with van der Waals surface area (Å²) >= 11 is 5.90. The molecule has 0 aliphatic carbocycles. The van der Waals surface area contributed by atoms with Gasteiger partial charge in [0.1, 0.15) is 22.9 Å². The summed E-state index contributed by atoms with van der Waals surface area (Å²) in [6, 6.07) is 9.24. The van der Waals surface area contributed by atoms with Crippen molar-refractivity contribution in [3.05, 3.63) is 41.3 Å². The van der Waals surface area contributed by atoms with Crippen molar-refractivity contribution in [1.29, 1.82) is 0 Å². The van der Waals surface area contributed by atoms with Crippen LogP contribution in [-0.4, -0.2) is 29.7 Å². The first-order valence-electron chi connectivity index (χ1n) is 6.63. The van der Waals surface area contributed by atoms with E-state index >= 15 is 0 Å². The maximum absolute atomic E-state index is 5.90.